The van der Waals surface area contributed by atoms with Crippen molar-refractivity contribution in [3.63, 3.8) is 0 Å². The topological polar surface area (TPSA) is 26.0 Å². The summed E-state index contributed by atoms with van der Waals surface area (Å²) in [6.45, 7) is 0.658. The highest BCUT2D eigenvalue weighted by molar-refractivity contribution is 5.67. The maximum absolute atomic E-state index is 13.8. The number of rotatable bonds is 4. The SMILES string of the molecule is NCCCc1ccccc1-c1ccccc1F. The molecule has 0 saturated heterocycles. The van der Waals surface area contributed by atoms with Crippen molar-refractivity contribution < 1.29 is 4.39 Å². The van der Waals surface area contributed by atoms with Crippen LogP contribution < -0.4 is 5.73 Å². The number of benzene rings is 2. The molecule has 0 atom stereocenters. The zero-order valence-electron chi connectivity index (χ0n) is 9.70. The average Bonchev–Trinajstić information content (AvgIpc) is 2.37. The Kier molecular flexibility index (Phi) is 3.89. The Morgan fingerprint density at radius 1 is 0.882 bits per heavy atom. The number of aryl methyl sites for hydroxylation is 1. The van der Waals surface area contributed by atoms with Gasteiger partial charge in [-0.05, 0) is 36.6 Å². The first-order valence-electron chi connectivity index (χ1n) is 5.86. The second-order valence-electron chi connectivity index (χ2n) is 4.03. The van der Waals surface area contributed by atoms with Crippen LogP contribution in [0.3, 0.4) is 0 Å². The van der Waals surface area contributed by atoms with Crippen molar-refractivity contribution in [2.24, 2.45) is 5.73 Å². The summed E-state index contributed by atoms with van der Waals surface area (Å²) in [5, 5.41) is 0. The molecule has 0 aliphatic carbocycles. The van der Waals surface area contributed by atoms with E-state index in [4.69, 9.17) is 5.73 Å². The lowest BCUT2D eigenvalue weighted by molar-refractivity contribution is 0.631. The molecule has 0 aromatic heterocycles. The minimum absolute atomic E-state index is 0.173. The minimum atomic E-state index is -0.173. The molecule has 0 fully saturated rings. The Labute approximate surface area is 101 Å². The average molecular weight is 229 g/mol. The molecule has 0 radical (unpaired) electrons. The van der Waals surface area contributed by atoms with Gasteiger partial charge in [-0.1, -0.05) is 42.5 Å². The summed E-state index contributed by atoms with van der Waals surface area (Å²) in [6, 6.07) is 14.8. The van der Waals surface area contributed by atoms with Gasteiger partial charge in [0.1, 0.15) is 5.82 Å². The molecule has 88 valence electrons. The lowest BCUT2D eigenvalue weighted by Gasteiger charge is -2.09. The molecule has 2 heteroatoms. The quantitative estimate of drug-likeness (QED) is 0.854. The van der Waals surface area contributed by atoms with E-state index >= 15 is 0 Å². The molecular formula is C15H16FN. The fraction of sp³-hybridized carbons (Fsp3) is 0.200. The van der Waals surface area contributed by atoms with Gasteiger partial charge in [0.2, 0.25) is 0 Å². The molecule has 0 aliphatic heterocycles. The maximum atomic E-state index is 13.8. The van der Waals surface area contributed by atoms with Crippen molar-refractivity contribution in [3.05, 3.63) is 59.9 Å². The Morgan fingerprint density at radius 2 is 1.53 bits per heavy atom. The molecule has 0 saturated carbocycles. The lowest BCUT2D eigenvalue weighted by Crippen LogP contribution is -2.01. The van der Waals surface area contributed by atoms with Gasteiger partial charge >= 0.3 is 0 Å². The van der Waals surface area contributed by atoms with Crippen LogP contribution in [-0.4, -0.2) is 6.54 Å². The molecule has 17 heavy (non-hydrogen) atoms. The van der Waals surface area contributed by atoms with Gasteiger partial charge in [0, 0.05) is 5.56 Å². The molecule has 1 nitrogen and oxygen atoms in total. The van der Waals surface area contributed by atoms with Crippen LogP contribution in [0.2, 0.25) is 0 Å². The van der Waals surface area contributed by atoms with E-state index in [0.717, 1.165) is 24.0 Å². The summed E-state index contributed by atoms with van der Waals surface area (Å²) in [5.41, 5.74) is 8.31. The molecule has 0 amide bonds. The van der Waals surface area contributed by atoms with Crippen molar-refractivity contribution in [2.75, 3.05) is 6.54 Å². The Bertz CT molecular complexity index is 494. The van der Waals surface area contributed by atoms with Gasteiger partial charge in [0.25, 0.3) is 0 Å². The number of nitrogens with two attached hydrogens (primary N) is 1. The van der Waals surface area contributed by atoms with Gasteiger partial charge < -0.3 is 5.73 Å². The molecule has 0 unspecified atom stereocenters. The monoisotopic (exact) mass is 229 g/mol. The van der Waals surface area contributed by atoms with Crippen LogP contribution in [0.25, 0.3) is 11.1 Å². The van der Waals surface area contributed by atoms with Crippen molar-refractivity contribution >= 4 is 0 Å². The summed E-state index contributed by atoms with van der Waals surface area (Å²) >= 11 is 0. The summed E-state index contributed by atoms with van der Waals surface area (Å²) in [6.07, 6.45) is 1.81. The first-order valence-corrected chi connectivity index (χ1v) is 5.86. The Balaban J connectivity index is 2.41. The highest BCUT2D eigenvalue weighted by Crippen LogP contribution is 2.26. The summed E-state index contributed by atoms with van der Waals surface area (Å²) < 4.78 is 13.8. The third kappa shape index (κ3) is 2.71. The van der Waals surface area contributed by atoms with E-state index in [2.05, 4.69) is 0 Å². The molecule has 2 N–H and O–H groups in total. The van der Waals surface area contributed by atoms with E-state index in [-0.39, 0.29) is 5.82 Å². The second-order valence-corrected chi connectivity index (χ2v) is 4.03. The van der Waals surface area contributed by atoms with Crippen LogP contribution in [0.1, 0.15) is 12.0 Å². The fourth-order valence-electron chi connectivity index (χ4n) is 1.97. The molecule has 0 spiro atoms. The fourth-order valence-corrected chi connectivity index (χ4v) is 1.97. The van der Waals surface area contributed by atoms with Crippen molar-refractivity contribution in [2.45, 2.75) is 12.8 Å². The van der Waals surface area contributed by atoms with Crippen molar-refractivity contribution in [1.29, 1.82) is 0 Å². The van der Waals surface area contributed by atoms with Crippen LogP contribution >= 0.6 is 0 Å². The minimum Gasteiger partial charge on any atom is -0.330 e. The van der Waals surface area contributed by atoms with Crippen LogP contribution in [0.15, 0.2) is 48.5 Å². The first-order chi connectivity index (χ1) is 8.33. The van der Waals surface area contributed by atoms with Gasteiger partial charge in [-0.2, -0.15) is 0 Å². The molecular weight excluding hydrogens is 213 g/mol. The highest BCUT2D eigenvalue weighted by Gasteiger charge is 2.07. The van der Waals surface area contributed by atoms with Crippen LogP contribution in [-0.2, 0) is 6.42 Å². The van der Waals surface area contributed by atoms with Crippen molar-refractivity contribution in [1.82, 2.24) is 0 Å². The molecule has 2 aromatic carbocycles. The van der Waals surface area contributed by atoms with E-state index in [0.29, 0.717) is 12.1 Å². The van der Waals surface area contributed by atoms with Gasteiger partial charge in [0.15, 0.2) is 0 Å². The van der Waals surface area contributed by atoms with E-state index in [9.17, 15) is 4.39 Å². The molecule has 2 aromatic rings. The van der Waals surface area contributed by atoms with Crippen LogP contribution in [0.5, 0.6) is 0 Å². The van der Waals surface area contributed by atoms with Gasteiger partial charge in [-0.15, -0.1) is 0 Å². The summed E-state index contributed by atoms with van der Waals surface area (Å²) in [4.78, 5) is 0. The van der Waals surface area contributed by atoms with Crippen molar-refractivity contribution in [3.8, 4) is 11.1 Å². The summed E-state index contributed by atoms with van der Waals surface area (Å²) in [5.74, 6) is -0.173. The van der Waals surface area contributed by atoms with Gasteiger partial charge in [0.05, 0.1) is 0 Å². The largest absolute Gasteiger partial charge is 0.330 e. The normalized spacial score (nSPS) is 10.5. The predicted molar refractivity (Wildman–Crippen MR) is 69.2 cm³/mol. The zero-order chi connectivity index (χ0) is 12.1. The third-order valence-electron chi connectivity index (χ3n) is 2.83. The molecule has 2 rings (SSSR count). The number of halogens is 1. The third-order valence-corrected chi connectivity index (χ3v) is 2.83. The standard InChI is InChI=1S/C15H16FN/c16-15-10-4-3-9-14(15)13-8-2-1-6-12(13)7-5-11-17/h1-4,6,8-10H,5,7,11,17H2. The summed E-state index contributed by atoms with van der Waals surface area (Å²) in [7, 11) is 0. The zero-order valence-corrected chi connectivity index (χ0v) is 9.70. The van der Waals surface area contributed by atoms with Gasteiger partial charge in [-0.3, -0.25) is 0 Å². The van der Waals surface area contributed by atoms with Crippen LogP contribution in [0, 0.1) is 5.82 Å². The lowest BCUT2D eigenvalue weighted by atomic mass is 9.96. The Hall–Kier alpha value is -1.67. The van der Waals surface area contributed by atoms with E-state index < -0.39 is 0 Å². The smallest absolute Gasteiger partial charge is 0.131 e. The molecule has 0 aliphatic rings. The van der Waals surface area contributed by atoms with Gasteiger partial charge in [-0.25, -0.2) is 4.39 Å². The predicted octanol–water partition coefficient (Wildman–Crippen LogP) is 3.38. The number of hydrogen-bond acceptors (Lipinski definition) is 1. The number of hydrogen-bond donors (Lipinski definition) is 1. The highest BCUT2D eigenvalue weighted by atomic mass is 19.1. The molecule has 0 bridgehead atoms. The van der Waals surface area contributed by atoms with E-state index in [1.807, 2.05) is 36.4 Å². The second kappa shape index (κ2) is 5.60. The van der Waals surface area contributed by atoms with Crippen LogP contribution in [0.4, 0.5) is 4.39 Å². The van der Waals surface area contributed by atoms with E-state index in [1.165, 1.54) is 6.07 Å². The maximum Gasteiger partial charge on any atom is 0.131 e. The first kappa shape index (κ1) is 11.8. The van der Waals surface area contributed by atoms with E-state index in [1.54, 1.807) is 6.07 Å². The molecule has 0 heterocycles. The Morgan fingerprint density at radius 3 is 2.24 bits per heavy atom.